The average molecular weight is 193 g/mol. The van der Waals surface area contributed by atoms with E-state index in [-0.39, 0.29) is 5.91 Å². The number of nitrogens with one attached hydrogen (secondary N) is 1. The lowest BCUT2D eigenvalue weighted by Crippen LogP contribution is -2.24. The third-order valence-electron chi connectivity index (χ3n) is 1.73. The van der Waals surface area contributed by atoms with E-state index in [0.29, 0.717) is 6.54 Å². The van der Waals surface area contributed by atoms with Crippen LogP contribution in [0.3, 0.4) is 0 Å². The lowest BCUT2D eigenvalue weighted by molar-refractivity contribution is -0.125. The molecule has 1 rings (SSSR count). The smallest absolute Gasteiger partial charge is 0.246 e. The van der Waals surface area contributed by atoms with E-state index in [0.717, 1.165) is 11.4 Å². The Morgan fingerprint density at radius 2 is 2.36 bits per heavy atom. The van der Waals surface area contributed by atoms with Gasteiger partial charge < -0.3 is 9.88 Å². The highest BCUT2D eigenvalue weighted by atomic mass is 16.2. The molecule has 0 aliphatic carbocycles. The van der Waals surface area contributed by atoms with Gasteiger partial charge in [-0.05, 0) is 13.8 Å². The van der Waals surface area contributed by atoms with Crippen LogP contribution in [0.1, 0.15) is 19.7 Å². The molecule has 0 bridgehead atoms. The molecule has 0 unspecified atom stereocenters. The Labute approximate surface area is 83.6 Å². The molecular formula is C10H15N3O. The number of carbonyl (C=O) groups excluding carboxylic acids is 1. The number of H-pyrrole nitrogens is 1. The minimum absolute atomic E-state index is 0.00130. The first kappa shape index (κ1) is 10.5. The summed E-state index contributed by atoms with van der Waals surface area (Å²) in [4.78, 5) is 20.1. The predicted octanol–water partition coefficient (Wildman–Crippen LogP) is 1.33. The number of nitrogens with zero attached hydrogens (tertiary/aromatic N) is 2. The van der Waals surface area contributed by atoms with Crippen molar-refractivity contribution >= 4 is 5.91 Å². The Morgan fingerprint density at radius 3 is 2.86 bits per heavy atom. The molecule has 1 aromatic rings. The van der Waals surface area contributed by atoms with E-state index in [2.05, 4.69) is 9.97 Å². The molecule has 0 saturated heterocycles. The highest BCUT2D eigenvalue weighted by molar-refractivity contribution is 5.87. The Kier molecular flexibility index (Phi) is 3.45. The van der Waals surface area contributed by atoms with Crippen LogP contribution in [0.5, 0.6) is 0 Å². The van der Waals surface area contributed by atoms with Crippen LogP contribution < -0.4 is 0 Å². The first-order valence-corrected chi connectivity index (χ1v) is 4.48. The van der Waals surface area contributed by atoms with Crippen molar-refractivity contribution in [3.05, 3.63) is 29.9 Å². The van der Waals surface area contributed by atoms with Crippen molar-refractivity contribution in [2.75, 3.05) is 7.05 Å². The molecule has 0 radical (unpaired) electrons. The topological polar surface area (TPSA) is 49.0 Å². The van der Waals surface area contributed by atoms with Gasteiger partial charge in [0, 0.05) is 25.5 Å². The summed E-state index contributed by atoms with van der Waals surface area (Å²) >= 11 is 0. The number of carbonyl (C=O) groups is 1. The Bertz CT molecular complexity index is 323. The maximum atomic E-state index is 11.5. The number of hydrogen-bond donors (Lipinski definition) is 1. The zero-order valence-corrected chi connectivity index (χ0v) is 8.74. The molecule has 0 aromatic carbocycles. The number of aromatic amines is 1. The number of amides is 1. The van der Waals surface area contributed by atoms with Crippen LogP contribution in [0, 0.1) is 0 Å². The SMILES string of the molecule is CC(C)=CC(=O)N(C)Cc1ncc[nH]1. The Morgan fingerprint density at radius 1 is 1.64 bits per heavy atom. The third kappa shape index (κ3) is 3.05. The third-order valence-corrected chi connectivity index (χ3v) is 1.73. The summed E-state index contributed by atoms with van der Waals surface area (Å²) in [6.45, 7) is 4.31. The first-order valence-electron chi connectivity index (χ1n) is 4.48. The number of imidazole rings is 1. The van der Waals surface area contributed by atoms with E-state index in [9.17, 15) is 4.79 Å². The molecule has 1 amide bonds. The van der Waals surface area contributed by atoms with Crippen LogP contribution >= 0.6 is 0 Å². The zero-order chi connectivity index (χ0) is 10.6. The van der Waals surface area contributed by atoms with Gasteiger partial charge in [0.15, 0.2) is 0 Å². The summed E-state index contributed by atoms with van der Waals surface area (Å²) in [5, 5.41) is 0. The van der Waals surface area contributed by atoms with Crippen molar-refractivity contribution in [3.63, 3.8) is 0 Å². The summed E-state index contributed by atoms with van der Waals surface area (Å²) in [6, 6.07) is 0. The predicted molar refractivity (Wildman–Crippen MR) is 54.5 cm³/mol. The minimum Gasteiger partial charge on any atom is -0.347 e. The van der Waals surface area contributed by atoms with Gasteiger partial charge in [-0.1, -0.05) is 5.57 Å². The molecule has 0 atom stereocenters. The molecule has 14 heavy (non-hydrogen) atoms. The van der Waals surface area contributed by atoms with Gasteiger partial charge in [0.05, 0.1) is 6.54 Å². The highest BCUT2D eigenvalue weighted by Crippen LogP contribution is 1.98. The van der Waals surface area contributed by atoms with Gasteiger partial charge in [0.1, 0.15) is 5.82 Å². The number of likely N-dealkylation sites (N-methyl/N-ethyl adjacent to an activating group) is 1. The van der Waals surface area contributed by atoms with E-state index in [4.69, 9.17) is 0 Å². The minimum atomic E-state index is 0.00130. The van der Waals surface area contributed by atoms with Crippen molar-refractivity contribution in [2.24, 2.45) is 0 Å². The van der Waals surface area contributed by atoms with E-state index in [1.54, 1.807) is 30.4 Å². The van der Waals surface area contributed by atoms with Crippen molar-refractivity contribution in [1.29, 1.82) is 0 Å². The summed E-state index contributed by atoms with van der Waals surface area (Å²) < 4.78 is 0. The van der Waals surface area contributed by atoms with Crippen molar-refractivity contribution in [3.8, 4) is 0 Å². The molecule has 4 heteroatoms. The van der Waals surface area contributed by atoms with Crippen LogP contribution in [-0.4, -0.2) is 27.8 Å². The van der Waals surface area contributed by atoms with E-state index in [1.807, 2.05) is 13.8 Å². The summed E-state index contributed by atoms with van der Waals surface area (Å²) in [6.07, 6.45) is 5.03. The summed E-state index contributed by atoms with van der Waals surface area (Å²) in [5.74, 6) is 0.796. The molecule has 0 aliphatic heterocycles. The van der Waals surface area contributed by atoms with Crippen molar-refractivity contribution in [2.45, 2.75) is 20.4 Å². The molecule has 0 fully saturated rings. The molecule has 1 heterocycles. The number of rotatable bonds is 3. The first-order chi connectivity index (χ1) is 6.59. The van der Waals surface area contributed by atoms with Gasteiger partial charge >= 0.3 is 0 Å². The monoisotopic (exact) mass is 193 g/mol. The summed E-state index contributed by atoms with van der Waals surface area (Å²) in [5.41, 5.74) is 1.00. The second kappa shape index (κ2) is 4.60. The zero-order valence-electron chi connectivity index (χ0n) is 8.74. The largest absolute Gasteiger partial charge is 0.347 e. The fraction of sp³-hybridized carbons (Fsp3) is 0.400. The molecule has 76 valence electrons. The van der Waals surface area contributed by atoms with Crippen LogP contribution in [-0.2, 0) is 11.3 Å². The van der Waals surface area contributed by atoms with Gasteiger partial charge in [0.2, 0.25) is 5.91 Å². The van der Waals surface area contributed by atoms with Gasteiger partial charge in [-0.2, -0.15) is 0 Å². The van der Waals surface area contributed by atoms with Crippen molar-refractivity contribution in [1.82, 2.24) is 14.9 Å². The molecular weight excluding hydrogens is 178 g/mol. The maximum absolute atomic E-state index is 11.5. The second-order valence-corrected chi connectivity index (χ2v) is 3.45. The Balaban J connectivity index is 2.54. The summed E-state index contributed by atoms with van der Waals surface area (Å²) in [7, 11) is 1.75. The van der Waals surface area contributed by atoms with Crippen LogP contribution in [0.15, 0.2) is 24.0 Å². The van der Waals surface area contributed by atoms with Gasteiger partial charge in [-0.3, -0.25) is 4.79 Å². The molecule has 1 N–H and O–H groups in total. The number of allylic oxidation sites excluding steroid dienone is 1. The van der Waals surface area contributed by atoms with Crippen LogP contribution in [0.2, 0.25) is 0 Å². The average Bonchev–Trinajstić information content (AvgIpc) is 2.55. The molecule has 0 spiro atoms. The lowest BCUT2D eigenvalue weighted by Gasteiger charge is -2.13. The normalized spacial score (nSPS) is 9.64. The molecule has 4 nitrogen and oxygen atoms in total. The lowest BCUT2D eigenvalue weighted by atomic mass is 10.3. The second-order valence-electron chi connectivity index (χ2n) is 3.45. The highest BCUT2D eigenvalue weighted by Gasteiger charge is 2.06. The van der Waals surface area contributed by atoms with Crippen molar-refractivity contribution < 1.29 is 4.79 Å². The fourth-order valence-corrected chi connectivity index (χ4v) is 1.04. The maximum Gasteiger partial charge on any atom is 0.246 e. The van der Waals surface area contributed by atoms with Gasteiger partial charge in [-0.15, -0.1) is 0 Å². The number of hydrogen-bond acceptors (Lipinski definition) is 2. The van der Waals surface area contributed by atoms with Crippen LogP contribution in [0.25, 0.3) is 0 Å². The van der Waals surface area contributed by atoms with Gasteiger partial charge in [0.25, 0.3) is 0 Å². The molecule has 0 aliphatic rings. The van der Waals surface area contributed by atoms with Gasteiger partial charge in [-0.25, -0.2) is 4.98 Å². The standard InChI is InChI=1S/C10H15N3O/c1-8(2)6-10(14)13(3)7-9-11-4-5-12-9/h4-6H,7H2,1-3H3,(H,11,12). The quantitative estimate of drug-likeness (QED) is 0.736. The molecule has 1 aromatic heterocycles. The fourth-order valence-electron chi connectivity index (χ4n) is 1.04. The molecule has 0 saturated carbocycles. The van der Waals surface area contributed by atoms with Crippen LogP contribution in [0.4, 0.5) is 0 Å². The van der Waals surface area contributed by atoms with E-state index >= 15 is 0 Å². The number of aromatic nitrogens is 2. The van der Waals surface area contributed by atoms with E-state index in [1.165, 1.54) is 0 Å². The Hall–Kier alpha value is -1.58. The van der Waals surface area contributed by atoms with E-state index < -0.39 is 0 Å².